The van der Waals surface area contributed by atoms with Gasteiger partial charge in [0.2, 0.25) is 0 Å². The summed E-state index contributed by atoms with van der Waals surface area (Å²) >= 11 is 3.21. The number of amides is 4. The van der Waals surface area contributed by atoms with Gasteiger partial charge in [-0.05, 0) is 68.0 Å². The van der Waals surface area contributed by atoms with Crippen molar-refractivity contribution in [3.8, 4) is 10.4 Å². The molecule has 36 heavy (non-hydrogen) atoms. The summed E-state index contributed by atoms with van der Waals surface area (Å²) < 4.78 is 0. The fourth-order valence-corrected chi connectivity index (χ4v) is 6.69. The highest BCUT2D eigenvalue weighted by Crippen LogP contribution is 2.44. The second-order valence-corrected chi connectivity index (χ2v) is 11.5. The Morgan fingerprint density at radius 3 is 1.83 bits per heavy atom. The Hall–Kier alpha value is -3.88. The van der Waals surface area contributed by atoms with Gasteiger partial charge in [0.15, 0.2) is 0 Å². The molecule has 0 saturated heterocycles. The summed E-state index contributed by atoms with van der Waals surface area (Å²) in [6, 6.07) is 11.4. The van der Waals surface area contributed by atoms with E-state index < -0.39 is 23.6 Å². The molecule has 178 valence electrons. The molecule has 8 heteroatoms. The van der Waals surface area contributed by atoms with Gasteiger partial charge in [-0.1, -0.05) is 0 Å². The number of carbonyl (C=O) groups excluding carboxylic acids is 4. The molecule has 0 bridgehead atoms. The van der Waals surface area contributed by atoms with Crippen LogP contribution in [0.5, 0.6) is 0 Å². The molecule has 2 aliphatic heterocycles. The van der Waals surface area contributed by atoms with E-state index in [9.17, 15) is 19.2 Å². The van der Waals surface area contributed by atoms with Gasteiger partial charge in [-0.3, -0.25) is 29.0 Å². The second kappa shape index (κ2) is 7.81. The molecule has 0 radical (unpaired) electrons. The van der Waals surface area contributed by atoms with E-state index in [-0.39, 0.29) is 0 Å². The first-order chi connectivity index (χ1) is 17.2. The number of imide groups is 2. The second-order valence-electron chi connectivity index (χ2n) is 9.04. The molecule has 0 aliphatic carbocycles. The summed E-state index contributed by atoms with van der Waals surface area (Å²) in [5.41, 5.74) is 2.57. The number of hydrogen-bond donors (Lipinski definition) is 0. The fraction of sp³-hybridized carbons (Fsp3) is 0.143. The Kier molecular flexibility index (Phi) is 4.90. The predicted octanol–water partition coefficient (Wildman–Crippen LogP) is 5.87. The molecule has 0 atom stereocenters. The minimum atomic E-state index is -0.444. The van der Waals surface area contributed by atoms with E-state index in [0.717, 1.165) is 24.4 Å². The number of nitrogens with zero attached hydrogens (tertiary/aromatic N) is 2. The molecule has 0 N–H and O–H groups in total. The van der Waals surface area contributed by atoms with Crippen molar-refractivity contribution >= 4 is 69.2 Å². The number of hydrogen-bond acceptors (Lipinski definition) is 6. The van der Waals surface area contributed by atoms with Gasteiger partial charge in [-0.15, -0.1) is 22.7 Å². The van der Waals surface area contributed by atoms with Crippen LogP contribution >= 0.6 is 22.7 Å². The predicted molar refractivity (Wildman–Crippen MR) is 143 cm³/mol. The maximum atomic E-state index is 13.5. The van der Waals surface area contributed by atoms with E-state index in [1.807, 2.05) is 18.2 Å². The van der Waals surface area contributed by atoms with Crippen molar-refractivity contribution in [2.45, 2.75) is 13.8 Å². The first-order valence-corrected chi connectivity index (χ1v) is 12.9. The van der Waals surface area contributed by atoms with E-state index in [2.05, 4.69) is 25.1 Å². The highest BCUT2D eigenvalue weighted by molar-refractivity contribution is 7.16. The molecule has 6 nitrogen and oxygen atoms in total. The first kappa shape index (κ1) is 22.6. The van der Waals surface area contributed by atoms with Crippen molar-refractivity contribution in [1.82, 2.24) is 9.80 Å². The zero-order valence-electron chi connectivity index (χ0n) is 20.0. The van der Waals surface area contributed by atoms with E-state index in [0.29, 0.717) is 44.2 Å². The summed E-state index contributed by atoms with van der Waals surface area (Å²) in [5.74, 6) is -1.76. The van der Waals surface area contributed by atoms with Gasteiger partial charge in [0.1, 0.15) is 0 Å². The topological polar surface area (TPSA) is 74.8 Å². The molecule has 0 fully saturated rings. The van der Waals surface area contributed by atoms with Crippen LogP contribution in [-0.2, 0) is 0 Å². The maximum absolute atomic E-state index is 13.5. The van der Waals surface area contributed by atoms with Gasteiger partial charge in [-0.25, -0.2) is 0 Å². The van der Waals surface area contributed by atoms with Crippen LogP contribution in [0.15, 0.2) is 36.4 Å². The molecule has 2 aromatic carbocycles. The molecule has 0 saturated carbocycles. The SMILES string of the molecule is Cc1ccc(/C=C/c2ccc(-c3cc4c5c(c(C)cc6c5c3C(=O)N(C)C6=O)C(=O)N(C)C4=O)s2)s1. The van der Waals surface area contributed by atoms with Gasteiger partial charge >= 0.3 is 0 Å². The fourth-order valence-electron chi connectivity index (χ4n) is 4.98. The summed E-state index contributed by atoms with van der Waals surface area (Å²) in [4.78, 5) is 59.3. The van der Waals surface area contributed by atoms with Crippen molar-refractivity contribution in [3.63, 3.8) is 0 Å². The normalized spacial score (nSPS) is 15.2. The van der Waals surface area contributed by atoms with Crippen LogP contribution in [0.1, 0.15) is 61.6 Å². The van der Waals surface area contributed by atoms with E-state index in [1.54, 1.807) is 30.4 Å². The molecule has 0 spiro atoms. The van der Waals surface area contributed by atoms with Crippen LogP contribution in [0.4, 0.5) is 0 Å². The Morgan fingerprint density at radius 2 is 1.19 bits per heavy atom. The number of carbonyl (C=O) groups is 4. The molecule has 2 aromatic heterocycles. The van der Waals surface area contributed by atoms with Crippen LogP contribution in [0.3, 0.4) is 0 Å². The minimum absolute atomic E-state index is 0.329. The van der Waals surface area contributed by atoms with Gasteiger partial charge in [-0.2, -0.15) is 0 Å². The summed E-state index contributed by atoms with van der Waals surface area (Å²) in [7, 11) is 2.92. The average Bonchev–Trinajstić information content (AvgIpc) is 3.50. The van der Waals surface area contributed by atoms with Gasteiger partial charge in [0.05, 0.1) is 11.1 Å². The molecular formula is C28H20N2O4S2. The first-order valence-electron chi connectivity index (χ1n) is 11.3. The molecule has 4 amide bonds. The van der Waals surface area contributed by atoms with Gasteiger partial charge < -0.3 is 0 Å². The summed E-state index contributed by atoms with van der Waals surface area (Å²) in [5, 5.41) is 0.793. The van der Waals surface area contributed by atoms with E-state index in [1.165, 1.54) is 30.3 Å². The van der Waals surface area contributed by atoms with Crippen molar-refractivity contribution in [2.24, 2.45) is 0 Å². The lowest BCUT2D eigenvalue weighted by Gasteiger charge is -2.31. The quantitative estimate of drug-likeness (QED) is 0.322. The van der Waals surface area contributed by atoms with Crippen LogP contribution < -0.4 is 0 Å². The number of thiophene rings is 2. The number of aryl methyl sites for hydroxylation is 2. The van der Waals surface area contributed by atoms with Crippen LogP contribution in [-0.4, -0.2) is 47.5 Å². The molecule has 4 aromatic rings. The van der Waals surface area contributed by atoms with Gasteiger partial charge in [0.25, 0.3) is 23.6 Å². The Morgan fingerprint density at radius 1 is 0.639 bits per heavy atom. The lowest BCUT2D eigenvalue weighted by Crippen LogP contribution is -2.41. The van der Waals surface area contributed by atoms with Crippen LogP contribution in [0.2, 0.25) is 0 Å². The Bertz CT molecular complexity index is 1720. The summed E-state index contributed by atoms with van der Waals surface area (Å²) in [6.07, 6.45) is 4.08. The molecule has 2 aliphatic rings. The Balaban J connectivity index is 1.63. The maximum Gasteiger partial charge on any atom is 0.261 e. The largest absolute Gasteiger partial charge is 0.277 e. The highest BCUT2D eigenvalue weighted by Gasteiger charge is 2.40. The Labute approximate surface area is 215 Å². The third-order valence-corrected chi connectivity index (χ3v) is 8.82. The lowest BCUT2D eigenvalue weighted by atomic mass is 9.81. The molecule has 6 rings (SSSR count). The van der Waals surface area contributed by atoms with Crippen molar-refractivity contribution < 1.29 is 19.2 Å². The van der Waals surface area contributed by atoms with Crippen molar-refractivity contribution in [1.29, 1.82) is 0 Å². The highest BCUT2D eigenvalue weighted by atomic mass is 32.1. The average molecular weight is 513 g/mol. The monoisotopic (exact) mass is 512 g/mol. The standard InChI is InChI=1S/C28H20N2O4S2/c1-13-11-18-23-22-19(26(32)29(3)27(33)21(13)22)12-17(24(23)28(34)30(4)25(18)31)20-10-9-16(36-20)8-7-15-6-5-14(2)35-15/h5-12H,1-4H3/b8-7+. The lowest BCUT2D eigenvalue weighted by molar-refractivity contribution is 0.0629. The smallest absolute Gasteiger partial charge is 0.261 e. The third-order valence-electron chi connectivity index (χ3n) is 6.77. The van der Waals surface area contributed by atoms with E-state index in [4.69, 9.17) is 0 Å². The van der Waals surface area contributed by atoms with Crippen molar-refractivity contribution in [3.05, 3.63) is 78.8 Å². The molecule has 0 unspecified atom stereocenters. The number of benzene rings is 2. The zero-order valence-corrected chi connectivity index (χ0v) is 21.6. The third kappa shape index (κ3) is 3.08. The van der Waals surface area contributed by atoms with Gasteiger partial charge in [0, 0.05) is 61.1 Å². The zero-order chi connectivity index (χ0) is 25.5. The van der Waals surface area contributed by atoms with E-state index >= 15 is 0 Å². The number of rotatable bonds is 3. The minimum Gasteiger partial charge on any atom is -0.277 e. The molecular weight excluding hydrogens is 492 g/mol. The molecule has 4 heterocycles. The van der Waals surface area contributed by atoms with Crippen LogP contribution in [0, 0.1) is 13.8 Å². The van der Waals surface area contributed by atoms with Crippen molar-refractivity contribution in [2.75, 3.05) is 14.1 Å². The summed E-state index contributed by atoms with van der Waals surface area (Å²) in [6.45, 7) is 3.82. The van der Waals surface area contributed by atoms with Crippen LogP contribution in [0.25, 0.3) is 33.4 Å².